The Morgan fingerprint density at radius 1 is 1.38 bits per heavy atom. The van der Waals surface area contributed by atoms with Gasteiger partial charge in [-0.15, -0.1) is 0 Å². The summed E-state index contributed by atoms with van der Waals surface area (Å²) in [4.78, 5) is 13.4. The Bertz CT molecular complexity index is 447. The van der Waals surface area contributed by atoms with Gasteiger partial charge in [-0.2, -0.15) is 0 Å². The molecular weight excluding hydrogens is 266 g/mol. The monoisotopic (exact) mass is 291 g/mol. The third-order valence-electron chi connectivity index (χ3n) is 3.65. The molecule has 116 valence electrons. The van der Waals surface area contributed by atoms with E-state index in [1.165, 1.54) is 12.5 Å². The fourth-order valence-corrected chi connectivity index (χ4v) is 2.48. The molecule has 5 nitrogen and oxygen atoms in total. The van der Waals surface area contributed by atoms with Gasteiger partial charge in [-0.1, -0.05) is 19.1 Å². The normalized spacial score (nSPS) is 19.4. The van der Waals surface area contributed by atoms with Crippen LogP contribution in [0.3, 0.4) is 0 Å². The lowest BCUT2D eigenvalue weighted by Gasteiger charge is -2.32. The molecule has 0 spiro atoms. The van der Waals surface area contributed by atoms with Gasteiger partial charge in [0.1, 0.15) is 0 Å². The maximum Gasteiger partial charge on any atom is 0.221 e. The molecule has 1 amide bonds. The highest BCUT2D eigenvalue weighted by molar-refractivity contribution is 5.88. The van der Waals surface area contributed by atoms with E-state index in [9.17, 15) is 4.79 Å². The van der Waals surface area contributed by atoms with E-state index in [1.807, 2.05) is 24.3 Å². The Balaban J connectivity index is 1.71. The van der Waals surface area contributed by atoms with Crippen LogP contribution in [0.4, 0.5) is 5.69 Å². The van der Waals surface area contributed by atoms with Crippen molar-refractivity contribution >= 4 is 11.6 Å². The predicted molar refractivity (Wildman–Crippen MR) is 84.3 cm³/mol. The molecule has 0 radical (unpaired) electrons. The van der Waals surface area contributed by atoms with Crippen LogP contribution < -0.4 is 10.6 Å². The second-order valence-corrected chi connectivity index (χ2v) is 5.40. The van der Waals surface area contributed by atoms with Gasteiger partial charge in [0.15, 0.2) is 0 Å². The lowest BCUT2D eigenvalue weighted by atomic mass is 10.2. The number of nitrogens with zero attached hydrogens (tertiary/aromatic N) is 1. The molecule has 2 N–H and O–H groups in total. The van der Waals surface area contributed by atoms with Gasteiger partial charge >= 0.3 is 0 Å². The lowest BCUT2D eigenvalue weighted by molar-refractivity contribution is -0.114. The lowest BCUT2D eigenvalue weighted by Crippen LogP contribution is -2.46. The summed E-state index contributed by atoms with van der Waals surface area (Å²) in [5.41, 5.74) is 2.03. The molecule has 0 saturated carbocycles. The van der Waals surface area contributed by atoms with Crippen LogP contribution in [-0.4, -0.2) is 49.7 Å². The number of anilines is 1. The first kappa shape index (κ1) is 15.9. The van der Waals surface area contributed by atoms with Crippen LogP contribution in [-0.2, 0) is 16.1 Å². The van der Waals surface area contributed by atoms with E-state index in [4.69, 9.17) is 4.74 Å². The number of nitrogens with one attached hydrogen (secondary N) is 2. The topological polar surface area (TPSA) is 53.6 Å². The third kappa shape index (κ3) is 5.46. The van der Waals surface area contributed by atoms with Crippen molar-refractivity contribution in [2.24, 2.45) is 0 Å². The highest BCUT2D eigenvalue weighted by Crippen LogP contribution is 2.09. The summed E-state index contributed by atoms with van der Waals surface area (Å²) in [7, 11) is 0. The summed E-state index contributed by atoms with van der Waals surface area (Å²) in [5, 5.41) is 6.20. The van der Waals surface area contributed by atoms with E-state index < -0.39 is 0 Å². The first-order valence-electron chi connectivity index (χ1n) is 7.58. The Morgan fingerprint density at radius 2 is 2.14 bits per heavy atom. The summed E-state index contributed by atoms with van der Waals surface area (Å²) in [6, 6.07) is 7.90. The second kappa shape index (κ2) is 8.12. The number of rotatable bonds is 6. The zero-order valence-electron chi connectivity index (χ0n) is 12.9. The van der Waals surface area contributed by atoms with Crippen LogP contribution in [0.15, 0.2) is 24.3 Å². The van der Waals surface area contributed by atoms with Crippen LogP contribution in [0.1, 0.15) is 19.4 Å². The van der Waals surface area contributed by atoms with Crippen molar-refractivity contribution in [3.63, 3.8) is 0 Å². The number of benzene rings is 1. The van der Waals surface area contributed by atoms with Crippen molar-refractivity contribution in [3.05, 3.63) is 29.8 Å². The molecule has 1 aromatic rings. The van der Waals surface area contributed by atoms with Gasteiger partial charge in [0.05, 0.1) is 12.7 Å². The average molecular weight is 291 g/mol. The molecule has 1 atom stereocenters. The van der Waals surface area contributed by atoms with Crippen molar-refractivity contribution in [1.29, 1.82) is 0 Å². The van der Waals surface area contributed by atoms with Crippen LogP contribution >= 0.6 is 0 Å². The van der Waals surface area contributed by atoms with Gasteiger partial charge in [-0.3, -0.25) is 9.69 Å². The first-order valence-corrected chi connectivity index (χ1v) is 7.58. The average Bonchev–Trinajstić information content (AvgIpc) is 2.49. The van der Waals surface area contributed by atoms with Gasteiger partial charge < -0.3 is 15.4 Å². The quantitative estimate of drug-likeness (QED) is 0.833. The molecule has 2 rings (SSSR count). The number of carbonyl (C=O) groups excluding carboxylic acids is 1. The molecule has 1 heterocycles. The summed E-state index contributed by atoms with van der Waals surface area (Å²) >= 11 is 0. The van der Waals surface area contributed by atoms with Crippen molar-refractivity contribution < 1.29 is 9.53 Å². The Morgan fingerprint density at radius 3 is 2.81 bits per heavy atom. The maximum absolute atomic E-state index is 11.0. The highest BCUT2D eigenvalue weighted by Gasteiger charge is 2.18. The van der Waals surface area contributed by atoms with Crippen LogP contribution in [0.2, 0.25) is 0 Å². The predicted octanol–water partition coefficient (Wildman–Crippen LogP) is 1.46. The minimum Gasteiger partial charge on any atom is -0.374 e. The first-order chi connectivity index (χ1) is 10.2. The summed E-state index contributed by atoms with van der Waals surface area (Å²) in [6.07, 6.45) is 0.275. The number of ether oxygens (including phenoxy) is 1. The van der Waals surface area contributed by atoms with E-state index in [1.54, 1.807) is 0 Å². The molecule has 1 aliphatic heterocycles. The summed E-state index contributed by atoms with van der Waals surface area (Å²) in [6.45, 7) is 9.33. The highest BCUT2D eigenvalue weighted by atomic mass is 16.5. The van der Waals surface area contributed by atoms with Gasteiger partial charge in [0.25, 0.3) is 0 Å². The fraction of sp³-hybridized carbons (Fsp3) is 0.562. The fourth-order valence-electron chi connectivity index (χ4n) is 2.48. The molecule has 0 aromatic heterocycles. The standard InChI is InChI=1S/C16H25N3O2/c1-3-19-8-9-21-16(12-19)11-17-10-14-4-6-15(7-5-14)18-13(2)20/h4-7,16-17H,3,8-12H2,1-2H3,(H,18,20). The van der Waals surface area contributed by atoms with Crippen LogP contribution in [0.5, 0.6) is 0 Å². The van der Waals surface area contributed by atoms with E-state index >= 15 is 0 Å². The Kier molecular flexibility index (Phi) is 6.17. The van der Waals surface area contributed by atoms with Crippen molar-refractivity contribution in [2.75, 3.05) is 38.1 Å². The number of morpholine rings is 1. The van der Waals surface area contributed by atoms with E-state index in [2.05, 4.69) is 22.5 Å². The number of hydrogen-bond acceptors (Lipinski definition) is 4. The van der Waals surface area contributed by atoms with Gasteiger partial charge in [0, 0.05) is 38.8 Å². The number of carbonyl (C=O) groups is 1. The molecule has 0 bridgehead atoms. The third-order valence-corrected chi connectivity index (χ3v) is 3.65. The smallest absolute Gasteiger partial charge is 0.221 e. The summed E-state index contributed by atoms with van der Waals surface area (Å²) in [5.74, 6) is -0.0456. The minimum atomic E-state index is -0.0456. The van der Waals surface area contributed by atoms with Crippen molar-refractivity contribution in [3.8, 4) is 0 Å². The zero-order valence-corrected chi connectivity index (χ0v) is 12.9. The number of amides is 1. The largest absolute Gasteiger partial charge is 0.374 e. The SMILES string of the molecule is CCN1CCOC(CNCc2ccc(NC(C)=O)cc2)C1. The van der Waals surface area contributed by atoms with E-state index in [-0.39, 0.29) is 12.0 Å². The molecule has 1 fully saturated rings. The molecule has 1 unspecified atom stereocenters. The number of hydrogen-bond donors (Lipinski definition) is 2. The minimum absolute atomic E-state index is 0.0456. The molecule has 21 heavy (non-hydrogen) atoms. The number of likely N-dealkylation sites (N-methyl/N-ethyl adjacent to an activating group) is 1. The van der Waals surface area contributed by atoms with Gasteiger partial charge in [-0.05, 0) is 24.2 Å². The van der Waals surface area contributed by atoms with E-state index in [0.717, 1.165) is 45.0 Å². The van der Waals surface area contributed by atoms with Gasteiger partial charge in [-0.25, -0.2) is 0 Å². The molecule has 1 aromatic carbocycles. The van der Waals surface area contributed by atoms with Crippen molar-refractivity contribution in [1.82, 2.24) is 10.2 Å². The Hall–Kier alpha value is -1.43. The van der Waals surface area contributed by atoms with Gasteiger partial charge in [0.2, 0.25) is 5.91 Å². The molecule has 1 saturated heterocycles. The Labute approximate surface area is 126 Å². The zero-order chi connectivity index (χ0) is 15.1. The molecule has 5 heteroatoms. The van der Waals surface area contributed by atoms with E-state index in [0.29, 0.717) is 0 Å². The summed E-state index contributed by atoms with van der Waals surface area (Å²) < 4.78 is 5.76. The molecule has 1 aliphatic rings. The molecular formula is C16H25N3O2. The second-order valence-electron chi connectivity index (χ2n) is 5.40. The van der Waals surface area contributed by atoms with Crippen LogP contribution in [0, 0.1) is 0 Å². The molecule has 0 aliphatic carbocycles. The van der Waals surface area contributed by atoms with Crippen molar-refractivity contribution in [2.45, 2.75) is 26.5 Å². The van der Waals surface area contributed by atoms with Crippen LogP contribution in [0.25, 0.3) is 0 Å². The maximum atomic E-state index is 11.0.